The van der Waals surface area contributed by atoms with E-state index >= 15 is 0 Å². The normalized spacial score (nSPS) is 13.3. The highest BCUT2D eigenvalue weighted by atomic mass is 19.1. The Bertz CT molecular complexity index is 466. The lowest BCUT2D eigenvalue weighted by Crippen LogP contribution is -2.38. The molecule has 0 aliphatic rings. The van der Waals surface area contributed by atoms with Gasteiger partial charge in [-0.2, -0.15) is 0 Å². The van der Waals surface area contributed by atoms with Crippen molar-refractivity contribution in [2.24, 2.45) is 5.73 Å². The quantitative estimate of drug-likeness (QED) is 0.612. The van der Waals surface area contributed by atoms with Crippen LogP contribution in [-0.2, 0) is 11.2 Å². The number of aliphatic hydroxyl groups excluding tert-OH is 1. The molecule has 0 aromatic heterocycles. The number of primary amides is 1. The lowest BCUT2D eigenvalue weighted by atomic mass is 9.97. The van der Waals surface area contributed by atoms with E-state index in [0.717, 1.165) is 24.2 Å². The number of nitrogens with two attached hydrogens (primary N) is 1. The van der Waals surface area contributed by atoms with Crippen LogP contribution in [0.2, 0.25) is 0 Å². The van der Waals surface area contributed by atoms with Crippen molar-refractivity contribution in [1.82, 2.24) is 0 Å². The summed E-state index contributed by atoms with van der Waals surface area (Å²) in [6.07, 6.45) is 2.47. The van der Waals surface area contributed by atoms with Crippen LogP contribution in [0.4, 0.5) is 9.18 Å². The van der Waals surface area contributed by atoms with E-state index in [1.807, 2.05) is 24.3 Å². The summed E-state index contributed by atoms with van der Waals surface area (Å²) >= 11 is 0. The Labute approximate surface area is 136 Å². The van der Waals surface area contributed by atoms with Gasteiger partial charge < -0.3 is 20.3 Å². The van der Waals surface area contributed by atoms with Gasteiger partial charge in [-0.3, -0.25) is 4.39 Å². The van der Waals surface area contributed by atoms with Crippen LogP contribution in [-0.4, -0.2) is 36.7 Å². The third-order valence-corrected chi connectivity index (χ3v) is 3.59. The molecular formula is C17H26FNO4. The minimum atomic E-state index is -0.975. The van der Waals surface area contributed by atoms with Crippen LogP contribution in [0.15, 0.2) is 24.3 Å². The Morgan fingerprint density at radius 3 is 2.52 bits per heavy atom. The predicted molar refractivity (Wildman–Crippen MR) is 86.2 cm³/mol. The van der Waals surface area contributed by atoms with Crippen LogP contribution in [0.3, 0.4) is 0 Å². The van der Waals surface area contributed by atoms with Gasteiger partial charge in [0.05, 0.1) is 19.9 Å². The third-order valence-electron chi connectivity index (χ3n) is 3.59. The first-order valence-corrected chi connectivity index (χ1v) is 7.86. The van der Waals surface area contributed by atoms with Crippen molar-refractivity contribution in [3.05, 3.63) is 29.8 Å². The molecule has 0 saturated carbocycles. The van der Waals surface area contributed by atoms with Gasteiger partial charge in [0.1, 0.15) is 11.4 Å². The molecule has 3 N–H and O–H groups in total. The number of halogens is 1. The molecule has 1 aromatic carbocycles. The zero-order valence-electron chi connectivity index (χ0n) is 13.6. The number of rotatable bonds is 11. The van der Waals surface area contributed by atoms with Gasteiger partial charge in [-0.1, -0.05) is 12.1 Å². The molecule has 0 fully saturated rings. The zero-order chi connectivity index (χ0) is 17.1. The van der Waals surface area contributed by atoms with Gasteiger partial charge in [-0.05, 0) is 56.7 Å². The number of hydrogen-bond acceptors (Lipinski definition) is 4. The van der Waals surface area contributed by atoms with Crippen molar-refractivity contribution < 1.29 is 23.8 Å². The van der Waals surface area contributed by atoms with Crippen LogP contribution < -0.4 is 10.5 Å². The highest BCUT2D eigenvalue weighted by Crippen LogP contribution is 2.20. The van der Waals surface area contributed by atoms with E-state index in [1.165, 1.54) is 0 Å². The summed E-state index contributed by atoms with van der Waals surface area (Å²) < 4.78 is 22.5. The maximum atomic E-state index is 11.9. The molecule has 1 unspecified atom stereocenters. The van der Waals surface area contributed by atoms with E-state index in [1.54, 1.807) is 6.92 Å². The molecule has 0 aliphatic carbocycles. The second-order valence-electron chi connectivity index (χ2n) is 5.77. The summed E-state index contributed by atoms with van der Waals surface area (Å²) in [5, 5.41) is 9.34. The smallest absolute Gasteiger partial charge is 0.405 e. The standard InChI is InChI=1S/C17H26FNO4/c1-17(13-20,23-16(19)21)10-9-14-5-7-15(8-6-14)22-12-4-2-3-11-18/h5-8,20H,2-4,9-13H2,1H3,(H2,19,21). The lowest BCUT2D eigenvalue weighted by Gasteiger charge is -2.26. The molecule has 0 heterocycles. The van der Waals surface area contributed by atoms with Crippen molar-refractivity contribution in [3.8, 4) is 5.75 Å². The summed E-state index contributed by atoms with van der Waals surface area (Å²) in [6.45, 7) is 1.66. The number of carbonyl (C=O) groups is 1. The lowest BCUT2D eigenvalue weighted by molar-refractivity contribution is -0.0182. The predicted octanol–water partition coefficient (Wildman–Crippen LogP) is 2.98. The van der Waals surface area contributed by atoms with Gasteiger partial charge in [0.15, 0.2) is 0 Å². The van der Waals surface area contributed by atoms with Crippen LogP contribution in [0.25, 0.3) is 0 Å². The summed E-state index contributed by atoms with van der Waals surface area (Å²) in [5.41, 5.74) is 5.08. The van der Waals surface area contributed by atoms with Crippen molar-refractivity contribution in [1.29, 1.82) is 0 Å². The average molecular weight is 327 g/mol. The number of benzene rings is 1. The van der Waals surface area contributed by atoms with Crippen molar-refractivity contribution >= 4 is 6.09 Å². The summed E-state index contributed by atoms with van der Waals surface area (Å²) in [7, 11) is 0. The number of alkyl halides is 1. The molecule has 0 aliphatic heterocycles. The number of aryl methyl sites for hydroxylation is 1. The van der Waals surface area contributed by atoms with Crippen LogP contribution in [0.1, 0.15) is 38.2 Å². The van der Waals surface area contributed by atoms with Gasteiger partial charge in [-0.15, -0.1) is 0 Å². The number of carbonyl (C=O) groups excluding carboxylic acids is 1. The molecule has 1 aromatic rings. The molecule has 5 nitrogen and oxygen atoms in total. The maximum absolute atomic E-state index is 11.9. The molecule has 1 amide bonds. The highest BCUT2D eigenvalue weighted by Gasteiger charge is 2.26. The first-order chi connectivity index (χ1) is 11.0. The number of ether oxygens (including phenoxy) is 2. The molecule has 0 bridgehead atoms. The highest BCUT2D eigenvalue weighted by molar-refractivity contribution is 5.65. The van der Waals surface area contributed by atoms with Crippen molar-refractivity contribution in [2.45, 2.75) is 44.6 Å². The fourth-order valence-corrected chi connectivity index (χ4v) is 2.13. The Morgan fingerprint density at radius 2 is 1.96 bits per heavy atom. The van der Waals surface area contributed by atoms with Crippen LogP contribution >= 0.6 is 0 Å². The fraction of sp³-hybridized carbons (Fsp3) is 0.588. The molecule has 0 spiro atoms. The third kappa shape index (κ3) is 7.83. The van der Waals surface area contributed by atoms with Gasteiger partial charge >= 0.3 is 6.09 Å². The Balaban J connectivity index is 2.40. The molecule has 1 rings (SSSR count). The molecule has 0 radical (unpaired) electrons. The largest absolute Gasteiger partial charge is 0.494 e. The molecule has 6 heteroatoms. The number of unbranched alkanes of at least 4 members (excludes halogenated alkanes) is 2. The number of hydrogen-bond donors (Lipinski definition) is 2. The molecule has 130 valence electrons. The monoisotopic (exact) mass is 327 g/mol. The second-order valence-corrected chi connectivity index (χ2v) is 5.77. The van der Waals surface area contributed by atoms with Gasteiger partial charge in [0, 0.05) is 0 Å². The van der Waals surface area contributed by atoms with E-state index in [-0.39, 0.29) is 13.3 Å². The van der Waals surface area contributed by atoms with Crippen LogP contribution in [0.5, 0.6) is 5.75 Å². The first-order valence-electron chi connectivity index (χ1n) is 7.86. The first kappa shape index (κ1) is 19.2. The van der Waals surface area contributed by atoms with Gasteiger partial charge in [0.2, 0.25) is 0 Å². The van der Waals surface area contributed by atoms with E-state index in [0.29, 0.717) is 25.9 Å². The summed E-state index contributed by atoms with van der Waals surface area (Å²) in [5.74, 6) is 0.771. The van der Waals surface area contributed by atoms with E-state index in [9.17, 15) is 14.3 Å². The second kappa shape index (κ2) is 10.0. The SMILES string of the molecule is CC(CO)(CCc1ccc(OCCCCCF)cc1)OC(N)=O. The fourth-order valence-electron chi connectivity index (χ4n) is 2.13. The van der Waals surface area contributed by atoms with E-state index in [4.69, 9.17) is 15.2 Å². The van der Waals surface area contributed by atoms with Crippen LogP contribution in [0, 0.1) is 0 Å². The van der Waals surface area contributed by atoms with Crippen molar-refractivity contribution in [3.63, 3.8) is 0 Å². The Kier molecular flexibility index (Phi) is 8.40. The minimum absolute atomic E-state index is 0.277. The number of aliphatic hydroxyl groups is 1. The number of amides is 1. The van der Waals surface area contributed by atoms with E-state index in [2.05, 4.69) is 0 Å². The van der Waals surface area contributed by atoms with Crippen molar-refractivity contribution in [2.75, 3.05) is 19.9 Å². The van der Waals surface area contributed by atoms with Gasteiger partial charge in [0.25, 0.3) is 0 Å². The molecule has 0 saturated heterocycles. The topological polar surface area (TPSA) is 81.8 Å². The molecule has 1 atom stereocenters. The van der Waals surface area contributed by atoms with Gasteiger partial charge in [-0.25, -0.2) is 4.79 Å². The maximum Gasteiger partial charge on any atom is 0.405 e. The average Bonchev–Trinajstić information content (AvgIpc) is 2.53. The molecule has 23 heavy (non-hydrogen) atoms. The molecular weight excluding hydrogens is 301 g/mol. The Hall–Kier alpha value is -1.82. The minimum Gasteiger partial charge on any atom is -0.494 e. The van der Waals surface area contributed by atoms with E-state index < -0.39 is 11.7 Å². The zero-order valence-corrected chi connectivity index (χ0v) is 13.6. The Morgan fingerprint density at radius 1 is 1.26 bits per heavy atom. The summed E-state index contributed by atoms with van der Waals surface area (Å²) in [4.78, 5) is 10.8. The summed E-state index contributed by atoms with van der Waals surface area (Å²) in [6, 6.07) is 7.60.